The van der Waals surface area contributed by atoms with Crippen molar-refractivity contribution in [1.82, 2.24) is 19.5 Å². The zero-order chi connectivity index (χ0) is 39.8. The topological polar surface area (TPSA) is 56.7 Å². The van der Waals surface area contributed by atoms with E-state index in [1.54, 1.807) is 11.3 Å². The number of aromatic nitrogens is 4. The molecule has 5 nitrogen and oxygen atoms in total. The van der Waals surface area contributed by atoms with Gasteiger partial charge in [0.15, 0.2) is 17.5 Å². The molecule has 9 aromatic carbocycles. The maximum atomic E-state index is 6.31. The highest BCUT2D eigenvalue weighted by molar-refractivity contribution is 7.26. The van der Waals surface area contributed by atoms with Gasteiger partial charge in [0.1, 0.15) is 11.2 Å². The summed E-state index contributed by atoms with van der Waals surface area (Å²) in [6, 6.07) is 64.9. The molecular weight excluding hydrogens is 765 g/mol. The van der Waals surface area contributed by atoms with E-state index < -0.39 is 0 Å². The molecule has 0 saturated carbocycles. The molecule has 0 bridgehead atoms. The number of benzene rings is 9. The Labute approximate surface area is 352 Å². The number of thiophene rings is 1. The average molecular weight is 795 g/mol. The third kappa shape index (κ3) is 4.62. The van der Waals surface area contributed by atoms with Gasteiger partial charge >= 0.3 is 0 Å². The number of rotatable bonds is 4. The summed E-state index contributed by atoms with van der Waals surface area (Å²) in [6.07, 6.45) is 0. The Kier molecular flexibility index (Phi) is 6.65. The first kappa shape index (κ1) is 33.0. The van der Waals surface area contributed by atoms with E-state index in [-0.39, 0.29) is 0 Å². The van der Waals surface area contributed by atoms with E-state index in [2.05, 4.69) is 150 Å². The van der Waals surface area contributed by atoms with Crippen LogP contribution in [0.3, 0.4) is 0 Å². The van der Waals surface area contributed by atoms with Crippen LogP contribution in [0, 0.1) is 0 Å². The van der Waals surface area contributed by atoms with E-state index in [0.717, 1.165) is 49.0 Å². The number of hydrogen-bond acceptors (Lipinski definition) is 5. The Bertz CT molecular complexity index is 4010. The number of nitrogens with zero attached hydrogens (tertiary/aromatic N) is 4. The molecule has 61 heavy (non-hydrogen) atoms. The molecule has 0 atom stereocenters. The van der Waals surface area contributed by atoms with Crippen molar-refractivity contribution < 1.29 is 4.42 Å². The predicted octanol–water partition coefficient (Wildman–Crippen LogP) is 15.0. The van der Waals surface area contributed by atoms with Crippen molar-refractivity contribution in [1.29, 1.82) is 0 Å². The number of fused-ring (bicyclic) bond motifs is 9. The lowest BCUT2D eigenvalue weighted by Gasteiger charge is -2.14. The van der Waals surface area contributed by atoms with Crippen LogP contribution < -0.4 is 0 Å². The summed E-state index contributed by atoms with van der Waals surface area (Å²) >= 11 is 1.79. The van der Waals surface area contributed by atoms with Gasteiger partial charge in [0.05, 0.1) is 16.7 Å². The Balaban J connectivity index is 1.02. The number of para-hydroxylation sites is 1. The molecular formula is C55H30N4OS. The van der Waals surface area contributed by atoms with E-state index in [1.807, 2.05) is 36.4 Å². The number of furan rings is 1. The van der Waals surface area contributed by atoms with Gasteiger partial charge in [-0.25, -0.2) is 15.0 Å². The van der Waals surface area contributed by atoms with Crippen LogP contribution >= 0.6 is 11.3 Å². The molecule has 13 aromatic rings. The lowest BCUT2D eigenvalue weighted by atomic mass is 9.93. The summed E-state index contributed by atoms with van der Waals surface area (Å²) in [5.74, 6) is 1.86. The third-order valence-corrected chi connectivity index (χ3v) is 13.8. The molecule has 14 rings (SSSR count). The Hall–Kier alpha value is -7.93. The van der Waals surface area contributed by atoms with Crippen LogP contribution in [-0.2, 0) is 0 Å². The lowest BCUT2D eigenvalue weighted by molar-refractivity contribution is 0.669. The molecule has 0 saturated heterocycles. The first-order valence-corrected chi connectivity index (χ1v) is 21.3. The summed E-state index contributed by atoms with van der Waals surface area (Å²) in [4.78, 5) is 15.5. The van der Waals surface area contributed by atoms with Gasteiger partial charge in [-0.15, -0.1) is 11.3 Å². The van der Waals surface area contributed by atoms with E-state index in [1.165, 1.54) is 70.3 Å². The van der Waals surface area contributed by atoms with Gasteiger partial charge in [-0.1, -0.05) is 133 Å². The van der Waals surface area contributed by atoms with Crippen LogP contribution in [0.1, 0.15) is 0 Å². The molecule has 0 spiro atoms. The van der Waals surface area contributed by atoms with Gasteiger partial charge in [0, 0.05) is 58.4 Å². The lowest BCUT2D eigenvalue weighted by Crippen LogP contribution is -2.00. The maximum absolute atomic E-state index is 6.31. The minimum Gasteiger partial charge on any atom is -0.456 e. The second-order valence-electron chi connectivity index (χ2n) is 15.9. The summed E-state index contributed by atoms with van der Waals surface area (Å²) in [7, 11) is 0. The van der Waals surface area contributed by atoms with E-state index >= 15 is 0 Å². The van der Waals surface area contributed by atoms with Gasteiger partial charge in [-0.2, -0.15) is 0 Å². The van der Waals surface area contributed by atoms with Crippen molar-refractivity contribution in [2.45, 2.75) is 0 Å². The minimum absolute atomic E-state index is 0.598. The van der Waals surface area contributed by atoms with Crippen LogP contribution in [0.4, 0.5) is 0 Å². The monoisotopic (exact) mass is 794 g/mol. The molecule has 6 heteroatoms. The van der Waals surface area contributed by atoms with Crippen LogP contribution in [0.15, 0.2) is 186 Å². The Morgan fingerprint density at radius 3 is 1.93 bits per heavy atom. The van der Waals surface area contributed by atoms with E-state index in [9.17, 15) is 0 Å². The van der Waals surface area contributed by atoms with Gasteiger partial charge in [-0.05, 0) is 81.6 Å². The van der Waals surface area contributed by atoms with Crippen LogP contribution in [0.2, 0.25) is 0 Å². The molecule has 0 aliphatic heterocycles. The van der Waals surface area contributed by atoms with Crippen molar-refractivity contribution >= 4 is 86.0 Å². The molecule has 0 radical (unpaired) electrons. The van der Waals surface area contributed by atoms with Gasteiger partial charge in [-0.3, -0.25) is 0 Å². The zero-order valence-electron chi connectivity index (χ0n) is 32.4. The smallest absolute Gasteiger partial charge is 0.165 e. The second kappa shape index (κ2) is 12.3. The molecule has 4 heterocycles. The van der Waals surface area contributed by atoms with Crippen molar-refractivity contribution in [3.05, 3.63) is 182 Å². The van der Waals surface area contributed by atoms with E-state index in [4.69, 9.17) is 19.4 Å². The van der Waals surface area contributed by atoms with Crippen molar-refractivity contribution in [3.63, 3.8) is 0 Å². The number of hydrogen-bond donors (Lipinski definition) is 0. The van der Waals surface area contributed by atoms with Gasteiger partial charge in [0.2, 0.25) is 0 Å². The highest BCUT2D eigenvalue weighted by Gasteiger charge is 2.26. The molecule has 4 aromatic heterocycles. The fourth-order valence-corrected chi connectivity index (χ4v) is 11.2. The fourth-order valence-electron chi connectivity index (χ4n) is 9.99. The van der Waals surface area contributed by atoms with Crippen LogP contribution in [-0.4, -0.2) is 19.5 Å². The Morgan fingerprint density at radius 1 is 0.393 bits per heavy atom. The van der Waals surface area contributed by atoms with Crippen LogP contribution in [0.25, 0.3) is 137 Å². The quantitative estimate of drug-likeness (QED) is 0.178. The zero-order valence-corrected chi connectivity index (χ0v) is 33.2. The second-order valence-corrected chi connectivity index (χ2v) is 16.9. The highest BCUT2D eigenvalue weighted by Crippen LogP contribution is 2.51. The predicted molar refractivity (Wildman–Crippen MR) is 253 cm³/mol. The summed E-state index contributed by atoms with van der Waals surface area (Å²) in [6.45, 7) is 0. The SMILES string of the molecule is c1ccc(-c2nc(-c3ccc4c(c3)oc3ccccc34)nc(-c3cccc4c3sc3cccc(-n5c6cccc7c6c6c8c(cccc8ccc65)-c5ccccc5-7)c34)n2)cc1. The summed E-state index contributed by atoms with van der Waals surface area (Å²) in [5.41, 5.74) is 13.1. The Morgan fingerprint density at radius 2 is 1.05 bits per heavy atom. The molecule has 282 valence electrons. The maximum Gasteiger partial charge on any atom is 0.165 e. The molecule has 0 fully saturated rings. The van der Waals surface area contributed by atoms with Crippen molar-refractivity contribution in [2.24, 2.45) is 0 Å². The van der Waals surface area contributed by atoms with Crippen molar-refractivity contribution in [2.75, 3.05) is 0 Å². The molecule has 1 aliphatic carbocycles. The highest BCUT2D eigenvalue weighted by atomic mass is 32.1. The fraction of sp³-hybridized carbons (Fsp3) is 0. The molecule has 1 aliphatic rings. The molecule has 0 N–H and O–H groups in total. The summed E-state index contributed by atoms with van der Waals surface area (Å²) < 4.78 is 11.2. The molecule has 0 amide bonds. The average Bonchev–Trinajstić information content (AvgIpc) is 3.98. The standard InChI is InChI=1S/C55H30N4OS/c1-2-12-32(13-3-1)53-56-54(33-26-28-37-36-17-6-7-24-45(36)60-46(37)30-33)58-55(57-53)41-21-9-20-40-49-42(23-11-25-47(49)61-52(40)41)59-43-22-10-19-39-35-16-5-4-15-34(35)38-18-8-14-31-27-29-44(59)51(48(31)38)50(39)43/h1-30H. The summed E-state index contributed by atoms with van der Waals surface area (Å²) in [5, 5.41) is 9.71. The van der Waals surface area contributed by atoms with Gasteiger partial charge < -0.3 is 8.98 Å². The van der Waals surface area contributed by atoms with Crippen molar-refractivity contribution in [3.8, 4) is 62.1 Å². The van der Waals surface area contributed by atoms with E-state index in [0.29, 0.717) is 17.5 Å². The van der Waals surface area contributed by atoms with Crippen LogP contribution in [0.5, 0.6) is 0 Å². The first-order valence-electron chi connectivity index (χ1n) is 20.5. The van der Waals surface area contributed by atoms with Gasteiger partial charge in [0.25, 0.3) is 0 Å². The normalized spacial score (nSPS) is 12.3. The molecule has 0 unspecified atom stereocenters. The third-order valence-electron chi connectivity index (χ3n) is 12.6. The largest absolute Gasteiger partial charge is 0.456 e. The first-order chi connectivity index (χ1) is 30.2. The minimum atomic E-state index is 0.598.